The zero-order valence-electron chi connectivity index (χ0n) is 9.50. The van der Waals surface area contributed by atoms with Crippen LogP contribution in [0.2, 0.25) is 5.02 Å². The van der Waals surface area contributed by atoms with Crippen molar-refractivity contribution in [2.24, 2.45) is 0 Å². The van der Waals surface area contributed by atoms with Crippen molar-refractivity contribution in [1.82, 2.24) is 9.78 Å². The van der Waals surface area contributed by atoms with E-state index < -0.39 is 4.92 Å². The number of hydrogen-bond acceptors (Lipinski definition) is 4. The maximum atomic E-state index is 10.7. The van der Waals surface area contributed by atoms with Gasteiger partial charge in [0.05, 0.1) is 27.9 Å². The molecule has 0 spiro atoms. The molecule has 0 atom stereocenters. The third kappa shape index (κ3) is 2.20. The van der Waals surface area contributed by atoms with Gasteiger partial charge >= 0.3 is 0 Å². The highest BCUT2D eigenvalue weighted by molar-refractivity contribution is 6.31. The minimum absolute atomic E-state index is 0.0715. The van der Waals surface area contributed by atoms with Gasteiger partial charge in [0.2, 0.25) is 0 Å². The molecular weight excluding hydrogens is 258 g/mol. The molecule has 0 radical (unpaired) electrons. The monoisotopic (exact) mass is 267 g/mol. The second-order valence-electron chi connectivity index (χ2n) is 3.74. The Kier molecular flexibility index (Phi) is 3.31. The second kappa shape index (κ2) is 4.75. The Bertz CT molecular complexity index is 590. The molecule has 1 aromatic heterocycles. The van der Waals surface area contributed by atoms with Gasteiger partial charge in [0.1, 0.15) is 0 Å². The zero-order chi connectivity index (χ0) is 13.3. The van der Waals surface area contributed by atoms with Gasteiger partial charge in [-0.05, 0) is 13.0 Å². The molecule has 0 amide bonds. The number of halogens is 1. The summed E-state index contributed by atoms with van der Waals surface area (Å²) in [6.07, 6.45) is 1.59. The first kappa shape index (κ1) is 12.5. The highest BCUT2D eigenvalue weighted by Crippen LogP contribution is 2.23. The average Bonchev–Trinajstić information content (AvgIpc) is 2.68. The van der Waals surface area contributed by atoms with Crippen LogP contribution in [0.4, 0.5) is 5.69 Å². The molecule has 0 aliphatic rings. The van der Waals surface area contributed by atoms with E-state index in [-0.39, 0.29) is 12.3 Å². The first-order valence-electron chi connectivity index (χ1n) is 5.13. The zero-order valence-corrected chi connectivity index (χ0v) is 10.3. The number of aromatic nitrogens is 2. The first-order valence-corrected chi connectivity index (χ1v) is 5.51. The number of aliphatic hydroxyl groups is 1. The predicted molar refractivity (Wildman–Crippen MR) is 65.9 cm³/mol. The molecule has 0 bridgehead atoms. The summed E-state index contributed by atoms with van der Waals surface area (Å²) < 4.78 is 1.49. The van der Waals surface area contributed by atoms with Crippen LogP contribution in [0, 0.1) is 17.0 Å². The van der Waals surface area contributed by atoms with E-state index in [1.165, 1.54) is 22.9 Å². The Morgan fingerprint density at radius 1 is 1.56 bits per heavy atom. The average molecular weight is 268 g/mol. The van der Waals surface area contributed by atoms with E-state index in [4.69, 9.17) is 11.6 Å². The first-order chi connectivity index (χ1) is 8.52. The molecule has 0 unspecified atom stereocenters. The third-order valence-electron chi connectivity index (χ3n) is 2.53. The van der Waals surface area contributed by atoms with Crippen LogP contribution in [0.1, 0.15) is 11.3 Å². The number of aryl methyl sites for hydroxylation is 1. The van der Waals surface area contributed by atoms with Gasteiger partial charge in [-0.3, -0.25) is 10.1 Å². The largest absolute Gasteiger partial charge is 0.392 e. The van der Waals surface area contributed by atoms with Crippen LogP contribution in [0.25, 0.3) is 5.69 Å². The lowest BCUT2D eigenvalue weighted by Gasteiger charge is -2.06. The number of nitrogens with zero attached hydrogens (tertiary/aromatic N) is 3. The molecule has 18 heavy (non-hydrogen) atoms. The Labute approximate surface area is 108 Å². The van der Waals surface area contributed by atoms with Gasteiger partial charge in [0.25, 0.3) is 5.69 Å². The molecule has 1 aromatic carbocycles. The van der Waals surface area contributed by atoms with Gasteiger partial charge in [0, 0.05) is 23.9 Å². The Morgan fingerprint density at radius 2 is 2.28 bits per heavy atom. The van der Waals surface area contributed by atoms with Gasteiger partial charge in [-0.25, -0.2) is 4.68 Å². The third-order valence-corrected chi connectivity index (χ3v) is 2.90. The van der Waals surface area contributed by atoms with Crippen LogP contribution < -0.4 is 0 Å². The fourth-order valence-electron chi connectivity index (χ4n) is 1.60. The van der Waals surface area contributed by atoms with Crippen LogP contribution in [-0.2, 0) is 6.61 Å². The van der Waals surface area contributed by atoms with Gasteiger partial charge in [-0.1, -0.05) is 11.6 Å². The quantitative estimate of drug-likeness (QED) is 0.683. The number of aliphatic hydroxyl groups excluding tert-OH is 1. The molecule has 0 fully saturated rings. The summed E-state index contributed by atoms with van der Waals surface area (Å²) in [5, 5.41) is 24.6. The Balaban J connectivity index is 2.54. The molecule has 7 heteroatoms. The summed E-state index contributed by atoms with van der Waals surface area (Å²) in [6, 6.07) is 4.21. The highest BCUT2D eigenvalue weighted by Gasteiger charge is 2.13. The van der Waals surface area contributed by atoms with Crippen molar-refractivity contribution in [3.8, 4) is 5.69 Å². The van der Waals surface area contributed by atoms with E-state index in [1.54, 1.807) is 13.1 Å². The van der Waals surface area contributed by atoms with Crippen LogP contribution in [0.5, 0.6) is 0 Å². The normalized spacial score (nSPS) is 10.6. The SMILES string of the molecule is Cc1nn(-c2ccc([N+](=O)[O-])cc2CO)cc1Cl. The molecule has 94 valence electrons. The molecule has 6 nitrogen and oxygen atoms in total. The van der Waals surface area contributed by atoms with Gasteiger partial charge < -0.3 is 5.11 Å². The predicted octanol–water partition coefficient (Wildman–Crippen LogP) is 2.23. The van der Waals surface area contributed by atoms with Crippen molar-refractivity contribution < 1.29 is 10.0 Å². The number of benzene rings is 1. The number of hydrogen-bond donors (Lipinski definition) is 1. The van der Waals surface area contributed by atoms with Crippen molar-refractivity contribution in [3.63, 3.8) is 0 Å². The summed E-state index contributed by atoms with van der Waals surface area (Å²) in [5.74, 6) is 0. The molecule has 0 aliphatic carbocycles. The minimum atomic E-state index is -0.510. The maximum Gasteiger partial charge on any atom is 0.269 e. The molecular formula is C11H10ClN3O3. The van der Waals surface area contributed by atoms with Gasteiger partial charge in [-0.2, -0.15) is 5.10 Å². The molecule has 2 aromatic rings. The van der Waals surface area contributed by atoms with Crippen molar-refractivity contribution in [2.75, 3.05) is 0 Å². The van der Waals surface area contributed by atoms with E-state index in [2.05, 4.69) is 5.10 Å². The number of nitro groups is 1. The smallest absolute Gasteiger partial charge is 0.269 e. The molecule has 1 N–H and O–H groups in total. The standard InChI is InChI=1S/C11H10ClN3O3/c1-7-10(12)5-14(13-7)11-3-2-9(15(17)18)4-8(11)6-16/h2-5,16H,6H2,1H3. The van der Waals surface area contributed by atoms with E-state index >= 15 is 0 Å². The van der Waals surface area contributed by atoms with E-state index in [9.17, 15) is 15.2 Å². The summed E-state index contributed by atoms with van der Waals surface area (Å²) >= 11 is 5.90. The van der Waals surface area contributed by atoms with Gasteiger partial charge in [0.15, 0.2) is 0 Å². The maximum absolute atomic E-state index is 10.7. The fourth-order valence-corrected chi connectivity index (χ4v) is 1.73. The number of nitro benzene ring substituents is 1. The Hall–Kier alpha value is -1.92. The lowest BCUT2D eigenvalue weighted by atomic mass is 10.1. The van der Waals surface area contributed by atoms with Crippen LogP contribution in [-0.4, -0.2) is 19.8 Å². The second-order valence-corrected chi connectivity index (χ2v) is 4.14. The summed E-state index contributed by atoms with van der Waals surface area (Å²) in [7, 11) is 0. The number of non-ortho nitro benzene ring substituents is 1. The van der Waals surface area contributed by atoms with Crippen LogP contribution in [0.3, 0.4) is 0 Å². The Morgan fingerprint density at radius 3 is 2.78 bits per heavy atom. The van der Waals surface area contributed by atoms with E-state index in [0.29, 0.717) is 22.0 Å². The van der Waals surface area contributed by atoms with Crippen molar-refractivity contribution >= 4 is 17.3 Å². The van der Waals surface area contributed by atoms with Crippen molar-refractivity contribution in [2.45, 2.75) is 13.5 Å². The highest BCUT2D eigenvalue weighted by atomic mass is 35.5. The summed E-state index contributed by atoms with van der Waals surface area (Å²) in [4.78, 5) is 10.1. The lowest BCUT2D eigenvalue weighted by Crippen LogP contribution is -2.02. The number of rotatable bonds is 3. The summed E-state index contributed by atoms with van der Waals surface area (Å²) in [6.45, 7) is 1.44. The lowest BCUT2D eigenvalue weighted by molar-refractivity contribution is -0.384. The fraction of sp³-hybridized carbons (Fsp3) is 0.182. The van der Waals surface area contributed by atoms with Crippen molar-refractivity contribution in [1.29, 1.82) is 0 Å². The topological polar surface area (TPSA) is 81.2 Å². The van der Waals surface area contributed by atoms with E-state index in [1.807, 2.05) is 0 Å². The van der Waals surface area contributed by atoms with E-state index in [0.717, 1.165) is 0 Å². The molecule has 1 heterocycles. The van der Waals surface area contributed by atoms with Gasteiger partial charge in [-0.15, -0.1) is 0 Å². The van der Waals surface area contributed by atoms with Crippen molar-refractivity contribution in [3.05, 3.63) is 50.8 Å². The molecule has 0 aliphatic heterocycles. The van der Waals surface area contributed by atoms with Crippen LogP contribution >= 0.6 is 11.6 Å². The molecule has 0 saturated heterocycles. The minimum Gasteiger partial charge on any atom is -0.392 e. The summed E-state index contributed by atoms with van der Waals surface area (Å²) in [5.41, 5.74) is 1.57. The molecule has 0 saturated carbocycles. The van der Waals surface area contributed by atoms with Crippen LogP contribution in [0.15, 0.2) is 24.4 Å². The molecule has 2 rings (SSSR count).